The Morgan fingerprint density at radius 1 is 1.25 bits per heavy atom. The summed E-state index contributed by atoms with van der Waals surface area (Å²) < 4.78 is 0. The van der Waals surface area contributed by atoms with E-state index in [1.165, 1.54) is 18.4 Å². The van der Waals surface area contributed by atoms with Crippen LogP contribution in [0.15, 0.2) is 30.3 Å². The van der Waals surface area contributed by atoms with Gasteiger partial charge in [-0.15, -0.1) is 0 Å². The second-order valence-electron chi connectivity index (χ2n) is 4.58. The van der Waals surface area contributed by atoms with Crippen LogP contribution in [0.2, 0.25) is 0 Å². The van der Waals surface area contributed by atoms with Gasteiger partial charge in [-0.1, -0.05) is 30.3 Å². The topological polar surface area (TPSA) is 20.3 Å². The van der Waals surface area contributed by atoms with Crippen molar-refractivity contribution in [3.63, 3.8) is 0 Å². The summed E-state index contributed by atoms with van der Waals surface area (Å²) in [7, 11) is 0. The highest BCUT2D eigenvalue weighted by Gasteiger charge is 2.24. The van der Waals surface area contributed by atoms with E-state index < -0.39 is 0 Å². The first kappa shape index (κ1) is 11.3. The molecule has 2 heteroatoms. The predicted octanol–water partition coefficient (Wildman–Crippen LogP) is 2.80. The number of likely N-dealkylation sites (tertiary alicyclic amines) is 1. The molecule has 1 aromatic carbocycles. The molecule has 0 spiro atoms. The van der Waals surface area contributed by atoms with Gasteiger partial charge in [0, 0.05) is 12.5 Å². The summed E-state index contributed by atoms with van der Waals surface area (Å²) in [5.41, 5.74) is 1.28. The second-order valence-corrected chi connectivity index (χ2v) is 4.58. The molecule has 1 aromatic rings. The molecule has 1 saturated heterocycles. The first-order valence-corrected chi connectivity index (χ1v) is 6.06. The molecule has 0 radical (unpaired) electrons. The van der Waals surface area contributed by atoms with Crippen molar-refractivity contribution < 1.29 is 4.79 Å². The monoisotopic (exact) mass is 217 g/mol. The van der Waals surface area contributed by atoms with Crippen molar-refractivity contribution in [1.29, 1.82) is 0 Å². The van der Waals surface area contributed by atoms with Crippen LogP contribution in [0.5, 0.6) is 0 Å². The third-order valence-electron chi connectivity index (χ3n) is 3.25. The quantitative estimate of drug-likeness (QED) is 0.773. The fourth-order valence-corrected chi connectivity index (χ4v) is 2.46. The predicted molar refractivity (Wildman–Crippen MR) is 65.3 cm³/mol. The number of hydrogen-bond donors (Lipinski definition) is 0. The molecular weight excluding hydrogens is 198 g/mol. The lowest BCUT2D eigenvalue weighted by Crippen LogP contribution is -2.27. The van der Waals surface area contributed by atoms with Gasteiger partial charge in [-0.25, -0.2) is 0 Å². The maximum atomic E-state index is 11.4. The van der Waals surface area contributed by atoms with E-state index in [2.05, 4.69) is 29.2 Å². The third-order valence-corrected chi connectivity index (χ3v) is 3.25. The van der Waals surface area contributed by atoms with Crippen molar-refractivity contribution in [2.24, 2.45) is 0 Å². The van der Waals surface area contributed by atoms with Crippen LogP contribution in [0.4, 0.5) is 0 Å². The maximum Gasteiger partial charge on any atom is 0.131 e. The number of hydrogen-bond acceptors (Lipinski definition) is 2. The minimum atomic E-state index is 0.278. The van der Waals surface area contributed by atoms with E-state index in [-0.39, 0.29) is 5.78 Å². The largest absolute Gasteiger partial charge is 0.300 e. The lowest BCUT2D eigenvalue weighted by atomic mass is 10.0. The highest BCUT2D eigenvalue weighted by atomic mass is 16.1. The van der Waals surface area contributed by atoms with Crippen molar-refractivity contribution in [1.82, 2.24) is 4.90 Å². The summed E-state index contributed by atoms with van der Waals surface area (Å²) in [5.74, 6) is 0.278. The summed E-state index contributed by atoms with van der Waals surface area (Å²) in [6, 6.07) is 10.7. The number of nitrogens with zero attached hydrogens (tertiary/aromatic N) is 1. The van der Waals surface area contributed by atoms with Gasteiger partial charge in [-0.3, -0.25) is 9.69 Å². The van der Waals surface area contributed by atoms with Gasteiger partial charge in [0.15, 0.2) is 0 Å². The van der Waals surface area contributed by atoms with Gasteiger partial charge >= 0.3 is 0 Å². The molecule has 2 nitrogen and oxygen atoms in total. The van der Waals surface area contributed by atoms with Gasteiger partial charge in [0.25, 0.3) is 0 Å². The zero-order valence-corrected chi connectivity index (χ0v) is 9.86. The molecule has 0 amide bonds. The van der Waals surface area contributed by atoms with Crippen LogP contribution in [0.1, 0.15) is 37.8 Å². The summed E-state index contributed by atoms with van der Waals surface area (Å²) in [6.07, 6.45) is 3.17. The minimum Gasteiger partial charge on any atom is -0.300 e. The number of benzene rings is 1. The standard InChI is InChI=1S/C14H19NO/c1-12(16)11-14(15-9-5-6-10-15)13-7-3-2-4-8-13/h2-4,7-8,14H,5-6,9-11H2,1H3. The van der Waals surface area contributed by atoms with Gasteiger partial charge < -0.3 is 0 Å². The molecule has 1 heterocycles. The smallest absolute Gasteiger partial charge is 0.131 e. The molecule has 16 heavy (non-hydrogen) atoms. The van der Waals surface area contributed by atoms with Crippen LogP contribution in [0.3, 0.4) is 0 Å². The second kappa shape index (κ2) is 5.26. The van der Waals surface area contributed by atoms with Gasteiger partial charge in [0.2, 0.25) is 0 Å². The van der Waals surface area contributed by atoms with E-state index in [1.54, 1.807) is 6.92 Å². The van der Waals surface area contributed by atoms with Crippen molar-refractivity contribution >= 4 is 5.78 Å². The third kappa shape index (κ3) is 2.70. The Morgan fingerprint density at radius 3 is 2.44 bits per heavy atom. The molecular formula is C14H19NO. The fraction of sp³-hybridized carbons (Fsp3) is 0.500. The Kier molecular flexibility index (Phi) is 3.73. The molecule has 0 aromatic heterocycles. The first-order valence-electron chi connectivity index (χ1n) is 6.06. The SMILES string of the molecule is CC(=O)CC(c1ccccc1)N1CCCC1. The number of carbonyl (C=O) groups is 1. The highest BCUT2D eigenvalue weighted by molar-refractivity contribution is 5.76. The van der Waals surface area contributed by atoms with Crippen molar-refractivity contribution in [2.75, 3.05) is 13.1 Å². The molecule has 2 rings (SSSR count). The normalized spacial score (nSPS) is 18.6. The zero-order valence-electron chi connectivity index (χ0n) is 9.86. The van der Waals surface area contributed by atoms with Crippen molar-refractivity contribution in [3.05, 3.63) is 35.9 Å². The Labute approximate surface area is 97.3 Å². The summed E-state index contributed by atoms with van der Waals surface area (Å²) in [4.78, 5) is 13.8. The Bertz CT molecular complexity index is 341. The summed E-state index contributed by atoms with van der Waals surface area (Å²) >= 11 is 0. The van der Waals surface area contributed by atoms with Crippen molar-refractivity contribution in [3.8, 4) is 0 Å². The molecule has 0 bridgehead atoms. The van der Waals surface area contributed by atoms with Crippen LogP contribution in [0.25, 0.3) is 0 Å². The van der Waals surface area contributed by atoms with Crippen LogP contribution in [-0.2, 0) is 4.79 Å². The minimum absolute atomic E-state index is 0.278. The number of rotatable bonds is 4. The molecule has 0 saturated carbocycles. The Morgan fingerprint density at radius 2 is 1.88 bits per heavy atom. The average molecular weight is 217 g/mol. The Balaban J connectivity index is 2.16. The van der Waals surface area contributed by atoms with E-state index in [1.807, 2.05) is 6.07 Å². The number of ketones is 1. The van der Waals surface area contributed by atoms with Crippen LogP contribution in [-0.4, -0.2) is 23.8 Å². The molecule has 1 unspecified atom stereocenters. The number of Topliss-reactive ketones (excluding diaryl/α,β-unsaturated/α-hetero) is 1. The van der Waals surface area contributed by atoms with E-state index in [0.717, 1.165) is 13.1 Å². The zero-order chi connectivity index (χ0) is 11.4. The molecule has 1 atom stereocenters. The molecule has 86 valence electrons. The summed E-state index contributed by atoms with van der Waals surface area (Å²) in [5, 5.41) is 0. The molecule has 0 N–H and O–H groups in total. The maximum absolute atomic E-state index is 11.4. The molecule has 1 aliphatic heterocycles. The van der Waals surface area contributed by atoms with Gasteiger partial charge in [-0.2, -0.15) is 0 Å². The van der Waals surface area contributed by atoms with Gasteiger partial charge in [0.1, 0.15) is 5.78 Å². The lowest BCUT2D eigenvalue weighted by Gasteiger charge is -2.27. The summed E-state index contributed by atoms with van der Waals surface area (Å²) in [6.45, 7) is 3.95. The fourth-order valence-electron chi connectivity index (χ4n) is 2.46. The van der Waals surface area contributed by atoms with E-state index >= 15 is 0 Å². The highest BCUT2D eigenvalue weighted by Crippen LogP contribution is 2.27. The lowest BCUT2D eigenvalue weighted by molar-refractivity contribution is -0.118. The van der Waals surface area contributed by atoms with Crippen LogP contribution < -0.4 is 0 Å². The van der Waals surface area contributed by atoms with Gasteiger partial charge in [0.05, 0.1) is 0 Å². The van der Waals surface area contributed by atoms with Crippen molar-refractivity contribution in [2.45, 2.75) is 32.2 Å². The first-order chi connectivity index (χ1) is 7.77. The van der Waals surface area contributed by atoms with E-state index in [4.69, 9.17) is 0 Å². The van der Waals surface area contributed by atoms with E-state index in [0.29, 0.717) is 12.5 Å². The van der Waals surface area contributed by atoms with Crippen LogP contribution >= 0.6 is 0 Å². The molecule has 1 fully saturated rings. The number of carbonyl (C=O) groups excluding carboxylic acids is 1. The van der Waals surface area contributed by atoms with Gasteiger partial charge in [-0.05, 0) is 38.4 Å². The average Bonchev–Trinajstić information content (AvgIpc) is 2.80. The Hall–Kier alpha value is -1.15. The van der Waals surface area contributed by atoms with E-state index in [9.17, 15) is 4.79 Å². The molecule has 0 aliphatic carbocycles. The molecule has 1 aliphatic rings. The van der Waals surface area contributed by atoms with Crippen LogP contribution in [0, 0.1) is 0 Å².